The van der Waals surface area contributed by atoms with Crippen molar-refractivity contribution in [1.82, 2.24) is 25.3 Å². The molecule has 2 amide bonds. The molecule has 1 fully saturated rings. The van der Waals surface area contributed by atoms with Crippen LogP contribution in [0.15, 0.2) is 85.5 Å². The number of anilines is 1. The second kappa shape index (κ2) is 10.3. The minimum Gasteiger partial charge on any atom is -0.350 e. The monoisotopic (exact) mass is 502 g/mol. The number of hydrogen-bond acceptors (Lipinski definition) is 5. The average Bonchev–Trinajstić information content (AvgIpc) is 3.60. The first-order valence-corrected chi connectivity index (χ1v) is 12.7. The van der Waals surface area contributed by atoms with Crippen molar-refractivity contribution in [3.63, 3.8) is 0 Å². The maximum atomic E-state index is 12.8. The quantitative estimate of drug-likeness (QED) is 0.333. The van der Waals surface area contributed by atoms with Gasteiger partial charge in [0.15, 0.2) is 0 Å². The number of fused-ring (bicyclic) bond motifs is 1. The van der Waals surface area contributed by atoms with Crippen molar-refractivity contribution in [2.75, 3.05) is 18.0 Å². The number of nitrogens with one attached hydrogen (secondary N) is 2. The van der Waals surface area contributed by atoms with Gasteiger partial charge in [-0.3, -0.25) is 19.6 Å². The lowest BCUT2D eigenvalue weighted by Gasteiger charge is -2.16. The number of aromatic nitrogens is 4. The molecule has 0 unspecified atom stereocenters. The van der Waals surface area contributed by atoms with Gasteiger partial charge >= 0.3 is 0 Å². The van der Waals surface area contributed by atoms with E-state index in [0.29, 0.717) is 30.7 Å². The Kier molecular flexibility index (Phi) is 6.35. The molecule has 0 atom stereocenters. The fraction of sp³-hybridized carbons (Fsp3) is 0.167. The maximum absolute atomic E-state index is 12.8. The van der Waals surface area contributed by atoms with Crippen LogP contribution in [0.2, 0.25) is 0 Å². The summed E-state index contributed by atoms with van der Waals surface area (Å²) in [5.41, 5.74) is 6.80. The third kappa shape index (κ3) is 4.76. The van der Waals surface area contributed by atoms with Gasteiger partial charge in [0, 0.05) is 78.6 Å². The number of pyridine rings is 3. The van der Waals surface area contributed by atoms with E-state index in [-0.39, 0.29) is 11.8 Å². The highest BCUT2D eigenvalue weighted by molar-refractivity contribution is 6.02. The molecule has 2 N–H and O–H groups in total. The zero-order valence-corrected chi connectivity index (χ0v) is 20.7. The van der Waals surface area contributed by atoms with E-state index in [1.54, 1.807) is 12.4 Å². The van der Waals surface area contributed by atoms with Crippen LogP contribution in [-0.2, 0) is 11.2 Å². The summed E-state index contributed by atoms with van der Waals surface area (Å²) in [5.74, 6) is -0.01000. The molecule has 5 heterocycles. The molecule has 8 heteroatoms. The van der Waals surface area contributed by atoms with Crippen LogP contribution in [0.3, 0.4) is 0 Å². The van der Waals surface area contributed by atoms with Crippen molar-refractivity contribution in [2.45, 2.75) is 19.3 Å². The SMILES string of the molecule is O=C(NCCc1ccccn1)c1cc2c(-c3cncc(-c4ccc(N5CCCC5=O)cc4)c3)ccnc2[nH]1. The van der Waals surface area contributed by atoms with E-state index in [0.717, 1.165) is 52.0 Å². The van der Waals surface area contributed by atoms with Gasteiger partial charge in [0.25, 0.3) is 5.91 Å². The molecule has 0 saturated carbocycles. The summed E-state index contributed by atoms with van der Waals surface area (Å²) in [6.45, 7) is 1.26. The molecule has 8 nitrogen and oxygen atoms in total. The minimum absolute atomic E-state index is 0.177. The second-order valence-electron chi connectivity index (χ2n) is 9.29. The van der Waals surface area contributed by atoms with E-state index < -0.39 is 0 Å². The number of H-pyrrole nitrogens is 1. The van der Waals surface area contributed by atoms with Crippen molar-refractivity contribution >= 4 is 28.5 Å². The summed E-state index contributed by atoms with van der Waals surface area (Å²) < 4.78 is 0. The van der Waals surface area contributed by atoms with Crippen molar-refractivity contribution in [1.29, 1.82) is 0 Å². The van der Waals surface area contributed by atoms with Gasteiger partial charge in [0.2, 0.25) is 5.91 Å². The number of carbonyl (C=O) groups excluding carboxylic acids is 2. The molecular formula is C30H26N6O2. The summed E-state index contributed by atoms with van der Waals surface area (Å²) >= 11 is 0. The van der Waals surface area contributed by atoms with E-state index in [1.807, 2.05) is 71.9 Å². The smallest absolute Gasteiger partial charge is 0.267 e. The number of rotatable bonds is 7. The molecule has 0 spiro atoms. The first kappa shape index (κ1) is 23.5. The lowest BCUT2D eigenvalue weighted by atomic mass is 10.0. The van der Waals surface area contributed by atoms with Crippen LogP contribution in [0.1, 0.15) is 29.0 Å². The summed E-state index contributed by atoms with van der Waals surface area (Å²) in [7, 11) is 0. The number of amides is 2. The molecule has 1 aliphatic heterocycles. The summed E-state index contributed by atoms with van der Waals surface area (Å²) in [6, 6.07) is 19.6. The Morgan fingerprint density at radius 3 is 2.61 bits per heavy atom. The van der Waals surface area contributed by atoms with Gasteiger partial charge < -0.3 is 15.2 Å². The predicted molar refractivity (Wildman–Crippen MR) is 147 cm³/mol. The summed E-state index contributed by atoms with van der Waals surface area (Å²) in [6.07, 6.45) is 9.29. The van der Waals surface area contributed by atoms with Crippen LogP contribution < -0.4 is 10.2 Å². The van der Waals surface area contributed by atoms with E-state index in [2.05, 4.69) is 31.3 Å². The molecule has 5 aromatic rings. The number of carbonyl (C=O) groups is 2. The lowest BCUT2D eigenvalue weighted by Crippen LogP contribution is -2.26. The van der Waals surface area contributed by atoms with Crippen LogP contribution in [0.5, 0.6) is 0 Å². The second-order valence-corrected chi connectivity index (χ2v) is 9.29. The van der Waals surface area contributed by atoms with Crippen LogP contribution >= 0.6 is 0 Å². The standard InChI is InChI=1S/C30H26N6O2/c37-28-5-3-15-36(28)24-8-6-20(7-9-24)21-16-22(19-31-18-21)25-11-14-33-29-26(25)17-27(35-29)30(38)34-13-10-23-4-1-2-12-32-23/h1-2,4,6-9,11-12,14,16-19H,3,5,10,13,15H2,(H,33,35)(H,34,38). The van der Waals surface area contributed by atoms with Gasteiger partial charge in [-0.05, 0) is 60.0 Å². The highest BCUT2D eigenvalue weighted by atomic mass is 16.2. The predicted octanol–water partition coefficient (Wildman–Crippen LogP) is 4.79. The zero-order valence-electron chi connectivity index (χ0n) is 20.7. The van der Waals surface area contributed by atoms with Gasteiger partial charge in [-0.1, -0.05) is 18.2 Å². The molecule has 1 aromatic carbocycles. The van der Waals surface area contributed by atoms with Gasteiger partial charge in [0.1, 0.15) is 11.3 Å². The Balaban J connectivity index is 1.22. The third-order valence-corrected chi connectivity index (χ3v) is 6.80. The fourth-order valence-corrected chi connectivity index (χ4v) is 4.85. The van der Waals surface area contributed by atoms with Crippen LogP contribution in [0.4, 0.5) is 5.69 Å². The Morgan fingerprint density at radius 1 is 0.947 bits per heavy atom. The molecule has 0 aliphatic carbocycles. The summed E-state index contributed by atoms with van der Waals surface area (Å²) in [5, 5.41) is 3.80. The number of hydrogen-bond donors (Lipinski definition) is 2. The zero-order chi connectivity index (χ0) is 25.9. The van der Waals surface area contributed by atoms with Crippen LogP contribution in [0.25, 0.3) is 33.3 Å². The van der Waals surface area contributed by atoms with Crippen molar-refractivity contribution in [3.8, 4) is 22.3 Å². The molecule has 6 rings (SSSR count). The van der Waals surface area contributed by atoms with E-state index in [9.17, 15) is 9.59 Å². The van der Waals surface area contributed by atoms with Crippen LogP contribution in [-0.4, -0.2) is 44.8 Å². The first-order valence-electron chi connectivity index (χ1n) is 12.7. The number of aromatic amines is 1. The summed E-state index contributed by atoms with van der Waals surface area (Å²) in [4.78, 5) is 43.1. The van der Waals surface area contributed by atoms with E-state index in [4.69, 9.17) is 0 Å². The largest absolute Gasteiger partial charge is 0.350 e. The molecule has 4 aromatic heterocycles. The molecule has 0 radical (unpaired) electrons. The number of benzene rings is 1. The highest BCUT2D eigenvalue weighted by Crippen LogP contribution is 2.31. The van der Waals surface area contributed by atoms with E-state index in [1.165, 1.54) is 0 Å². The molecule has 1 saturated heterocycles. The normalized spacial score (nSPS) is 13.3. The number of nitrogens with zero attached hydrogens (tertiary/aromatic N) is 4. The topological polar surface area (TPSA) is 104 Å². The Morgan fingerprint density at radius 2 is 1.82 bits per heavy atom. The van der Waals surface area contributed by atoms with Crippen molar-refractivity contribution in [3.05, 3.63) is 96.8 Å². The van der Waals surface area contributed by atoms with Crippen molar-refractivity contribution < 1.29 is 9.59 Å². The molecule has 0 bridgehead atoms. The van der Waals surface area contributed by atoms with Gasteiger partial charge in [-0.25, -0.2) is 4.98 Å². The Hall–Kier alpha value is -4.85. The minimum atomic E-state index is -0.187. The average molecular weight is 503 g/mol. The lowest BCUT2D eigenvalue weighted by molar-refractivity contribution is -0.117. The molecular weight excluding hydrogens is 476 g/mol. The third-order valence-electron chi connectivity index (χ3n) is 6.80. The maximum Gasteiger partial charge on any atom is 0.267 e. The van der Waals surface area contributed by atoms with Crippen LogP contribution in [0, 0.1) is 0 Å². The Bertz CT molecular complexity index is 1610. The molecule has 1 aliphatic rings. The van der Waals surface area contributed by atoms with Gasteiger partial charge in [-0.15, -0.1) is 0 Å². The Labute approximate surface area is 219 Å². The van der Waals surface area contributed by atoms with Gasteiger partial charge in [-0.2, -0.15) is 0 Å². The molecule has 38 heavy (non-hydrogen) atoms. The first-order chi connectivity index (χ1) is 18.7. The fourth-order valence-electron chi connectivity index (χ4n) is 4.85. The van der Waals surface area contributed by atoms with E-state index >= 15 is 0 Å². The van der Waals surface area contributed by atoms with Crippen molar-refractivity contribution in [2.24, 2.45) is 0 Å². The highest BCUT2D eigenvalue weighted by Gasteiger charge is 2.21. The van der Waals surface area contributed by atoms with Gasteiger partial charge in [0.05, 0.1) is 0 Å². The molecule has 188 valence electrons.